The molecule has 0 aliphatic heterocycles. The molecule has 0 aliphatic carbocycles. The minimum Gasteiger partial charge on any atom is -0.430 e. The van der Waals surface area contributed by atoms with Crippen molar-refractivity contribution >= 4 is 6.16 Å². The minimum atomic E-state index is -0.620. The smallest absolute Gasteiger partial charge is 0.430 e. The maximum Gasteiger partial charge on any atom is 0.509 e. The van der Waals surface area contributed by atoms with E-state index in [1.165, 1.54) is 0 Å². The van der Waals surface area contributed by atoms with Crippen molar-refractivity contribution in [3.63, 3.8) is 0 Å². The van der Waals surface area contributed by atoms with E-state index in [1.807, 2.05) is 12.2 Å². The highest BCUT2D eigenvalue weighted by molar-refractivity contribution is 5.60. The van der Waals surface area contributed by atoms with E-state index >= 15 is 0 Å². The van der Waals surface area contributed by atoms with Gasteiger partial charge in [0.2, 0.25) is 0 Å². The largest absolute Gasteiger partial charge is 0.509 e. The standard InChI is InChI=1S/C11H20O3/c1-9(2)7-6-8-13-10(12)14-11(3,4)5/h6-7,9H,8H2,1-5H3/b7-6+. The van der Waals surface area contributed by atoms with Gasteiger partial charge in [-0.25, -0.2) is 4.79 Å². The molecule has 3 nitrogen and oxygen atoms in total. The van der Waals surface area contributed by atoms with Crippen LogP contribution in [-0.4, -0.2) is 18.4 Å². The summed E-state index contributed by atoms with van der Waals surface area (Å²) in [7, 11) is 0. The van der Waals surface area contributed by atoms with Crippen molar-refractivity contribution in [1.82, 2.24) is 0 Å². The van der Waals surface area contributed by atoms with Crippen LogP contribution in [0.25, 0.3) is 0 Å². The fourth-order valence-corrected chi connectivity index (χ4v) is 0.723. The summed E-state index contributed by atoms with van der Waals surface area (Å²) >= 11 is 0. The molecule has 3 heteroatoms. The quantitative estimate of drug-likeness (QED) is 0.518. The van der Waals surface area contributed by atoms with Crippen LogP contribution >= 0.6 is 0 Å². The van der Waals surface area contributed by atoms with Gasteiger partial charge in [0.1, 0.15) is 12.2 Å². The topological polar surface area (TPSA) is 35.5 Å². The van der Waals surface area contributed by atoms with Crippen molar-refractivity contribution in [1.29, 1.82) is 0 Å². The summed E-state index contributed by atoms with van der Waals surface area (Å²) in [6, 6.07) is 0. The highest BCUT2D eigenvalue weighted by atomic mass is 16.7. The van der Waals surface area contributed by atoms with Crippen molar-refractivity contribution in [2.45, 2.75) is 40.2 Å². The Morgan fingerprint density at radius 2 is 1.93 bits per heavy atom. The number of hydrogen-bond donors (Lipinski definition) is 0. The SMILES string of the molecule is CC(C)/C=C/COC(=O)OC(C)(C)C. The lowest BCUT2D eigenvalue weighted by Gasteiger charge is -2.18. The summed E-state index contributed by atoms with van der Waals surface area (Å²) in [4.78, 5) is 11.0. The molecule has 0 radical (unpaired) electrons. The van der Waals surface area contributed by atoms with Crippen molar-refractivity contribution in [2.75, 3.05) is 6.61 Å². The molecule has 0 heterocycles. The molecular weight excluding hydrogens is 180 g/mol. The third kappa shape index (κ3) is 9.10. The third-order valence-electron chi connectivity index (χ3n) is 1.21. The van der Waals surface area contributed by atoms with Gasteiger partial charge in [0.05, 0.1) is 0 Å². The molecule has 0 N–H and O–H groups in total. The number of rotatable bonds is 3. The molecule has 0 saturated heterocycles. The van der Waals surface area contributed by atoms with Crippen LogP contribution in [0, 0.1) is 5.92 Å². The average molecular weight is 200 g/mol. The van der Waals surface area contributed by atoms with Crippen LogP contribution in [0.2, 0.25) is 0 Å². The molecule has 0 amide bonds. The number of hydrogen-bond acceptors (Lipinski definition) is 3. The van der Waals surface area contributed by atoms with Crippen molar-refractivity contribution in [3.05, 3.63) is 12.2 Å². The van der Waals surface area contributed by atoms with Crippen LogP contribution in [0.1, 0.15) is 34.6 Å². The van der Waals surface area contributed by atoms with Crippen LogP contribution in [-0.2, 0) is 9.47 Å². The van der Waals surface area contributed by atoms with E-state index in [0.717, 1.165) is 0 Å². The normalized spacial score (nSPS) is 12.1. The summed E-state index contributed by atoms with van der Waals surface area (Å²) in [6.45, 7) is 9.80. The first-order valence-electron chi connectivity index (χ1n) is 4.83. The predicted molar refractivity (Wildman–Crippen MR) is 56.2 cm³/mol. The van der Waals surface area contributed by atoms with Crippen LogP contribution in [0.4, 0.5) is 4.79 Å². The summed E-state index contributed by atoms with van der Waals surface area (Å²) in [5.41, 5.74) is -0.487. The highest BCUT2D eigenvalue weighted by Crippen LogP contribution is 2.07. The van der Waals surface area contributed by atoms with Crippen LogP contribution in [0.3, 0.4) is 0 Å². The van der Waals surface area contributed by atoms with Gasteiger partial charge in [-0.3, -0.25) is 0 Å². The van der Waals surface area contributed by atoms with Gasteiger partial charge in [-0.15, -0.1) is 0 Å². The van der Waals surface area contributed by atoms with Gasteiger partial charge in [0.15, 0.2) is 0 Å². The Morgan fingerprint density at radius 3 is 2.36 bits per heavy atom. The van der Waals surface area contributed by atoms with Gasteiger partial charge < -0.3 is 9.47 Å². The van der Waals surface area contributed by atoms with Gasteiger partial charge in [0, 0.05) is 0 Å². The van der Waals surface area contributed by atoms with Gasteiger partial charge in [-0.2, -0.15) is 0 Å². The van der Waals surface area contributed by atoms with E-state index in [1.54, 1.807) is 20.8 Å². The summed E-state index contributed by atoms with van der Waals surface area (Å²) < 4.78 is 9.77. The summed E-state index contributed by atoms with van der Waals surface area (Å²) in [6.07, 6.45) is 3.17. The molecule has 0 bridgehead atoms. The van der Waals surface area contributed by atoms with E-state index in [2.05, 4.69) is 13.8 Å². The number of ether oxygens (including phenoxy) is 2. The van der Waals surface area contributed by atoms with Gasteiger partial charge in [-0.05, 0) is 26.7 Å². The zero-order chi connectivity index (χ0) is 11.2. The molecule has 0 spiro atoms. The van der Waals surface area contributed by atoms with E-state index in [9.17, 15) is 4.79 Å². The highest BCUT2D eigenvalue weighted by Gasteiger charge is 2.16. The fraction of sp³-hybridized carbons (Fsp3) is 0.727. The second-order valence-corrected chi connectivity index (χ2v) is 4.45. The van der Waals surface area contributed by atoms with Crippen LogP contribution in [0.5, 0.6) is 0 Å². The maximum atomic E-state index is 11.0. The van der Waals surface area contributed by atoms with Gasteiger partial charge in [-0.1, -0.05) is 26.0 Å². The molecule has 0 aromatic rings. The molecule has 14 heavy (non-hydrogen) atoms. The van der Waals surface area contributed by atoms with Crippen molar-refractivity contribution in [2.24, 2.45) is 5.92 Å². The molecule has 0 unspecified atom stereocenters. The van der Waals surface area contributed by atoms with Crippen LogP contribution in [0.15, 0.2) is 12.2 Å². The molecule has 0 rings (SSSR count). The van der Waals surface area contributed by atoms with E-state index in [0.29, 0.717) is 5.92 Å². The van der Waals surface area contributed by atoms with Crippen molar-refractivity contribution in [3.8, 4) is 0 Å². The Morgan fingerprint density at radius 1 is 1.36 bits per heavy atom. The number of carbonyl (C=O) groups excluding carboxylic acids is 1. The molecule has 0 saturated carbocycles. The number of allylic oxidation sites excluding steroid dienone is 1. The first kappa shape index (κ1) is 13.0. The molecule has 0 aliphatic rings. The second kappa shape index (κ2) is 5.68. The molecule has 0 atom stereocenters. The second-order valence-electron chi connectivity index (χ2n) is 4.45. The van der Waals surface area contributed by atoms with E-state index in [4.69, 9.17) is 9.47 Å². The first-order valence-corrected chi connectivity index (χ1v) is 4.83. The van der Waals surface area contributed by atoms with E-state index < -0.39 is 11.8 Å². The zero-order valence-corrected chi connectivity index (χ0v) is 9.66. The third-order valence-corrected chi connectivity index (χ3v) is 1.21. The lowest BCUT2D eigenvalue weighted by atomic mass is 10.2. The molecule has 0 fully saturated rings. The lowest BCUT2D eigenvalue weighted by Crippen LogP contribution is -2.24. The van der Waals surface area contributed by atoms with Gasteiger partial charge in [0.25, 0.3) is 0 Å². The first-order chi connectivity index (χ1) is 6.31. The molecule has 0 aromatic heterocycles. The Kier molecular flexibility index (Phi) is 5.28. The predicted octanol–water partition coefficient (Wildman–Crippen LogP) is 3.15. The zero-order valence-electron chi connectivity index (χ0n) is 9.66. The Balaban J connectivity index is 3.66. The molecular formula is C11H20O3. The lowest BCUT2D eigenvalue weighted by molar-refractivity contribution is -0.00244. The molecule has 82 valence electrons. The van der Waals surface area contributed by atoms with Crippen LogP contribution < -0.4 is 0 Å². The van der Waals surface area contributed by atoms with E-state index in [-0.39, 0.29) is 6.61 Å². The summed E-state index contributed by atoms with van der Waals surface area (Å²) in [5.74, 6) is 0.470. The van der Waals surface area contributed by atoms with Gasteiger partial charge >= 0.3 is 6.16 Å². The Bertz CT molecular complexity index is 199. The Hall–Kier alpha value is -0.990. The van der Waals surface area contributed by atoms with Crippen molar-refractivity contribution < 1.29 is 14.3 Å². The Labute approximate surface area is 86.1 Å². The monoisotopic (exact) mass is 200 g/mol. The number of carbonyl (C=O) groups is 1. The summed E-state index contributed by atoms with van der Waals surface area (Å²) in [5, 5.41) is 0. The maximum absolute atomic E-state index is 11.0. The minimum absolute atomic E-state index is 0.271. The fourth-order valence-electron chi connectivity index (χ4n) is 0.723. The average Bonchev–Trinajstić information content (AvgIpc) is 1.94. The molecule has 0 aromatic carbocycles.